The largest absolute Gasteiger partial charge is 0.437 e. The highest BCUT2D eigenvalue weighted by molar-refractivity contribution is 6.31. The Balaban J connectivity index is 2.21. The topological polar surface area (TPSA) is 25.4 Å². The number of anilines is 2. The number of nitrogens with zero attached hydrogens (tertiary/aromatic N) is 2. The summed E-state index contributed by atoms with van der Waals surface area (Å²) in [5.74, 6) is -2.22. The molecule has 0 bridgehead atoms. The van der Waals surface area contributed by atoms with Gasteiger partial charge in [0.25, 0.3) is 6.36 Å². The molecule has 0 amide bonds. The van der Waals surface area contributed by atoms with E-state index in [-0.39, 0.29) is 11.6 Å². The number of halogens is 6. The number of alkyl halides is 3. The summed E-state index contributed by atoms with van der Waals surface area (Å²) in [5.41, 5.74) is 0.300. The van der Waals surface area contributed by atoms with Crippen molar-refractivity contribution in [3.63, 3.8) is 0 Å². The van der Waals surface area contributed by atoms with E-state index >= 15 is 0 Å². The molecule has 1 aromatic carbocycles. The van der Waals surface area contributed by atoms with Gasteiger partial charge < -0.3 is 9.64 Å². The van der Waals surface area contributed by atoms with E-state index in [1.165, 1.54) is 24.1 Å². The van der Waals surface area contributed by atoms with Crippen LogP contribution in [0.5, 0.6) is 5.88 Å². The molecule has 0 saturated heterocycles. The Bertz CT molecular complexity index is 684. The number of hydrogen-bond acceptors (Lipinski definition) is 3. The Hall–Kier alpha value is -2.09. The van der Waals surface area contributed by atoms with Crippen molar-refractivity contribution in [3.8, 4) is 5.88 Å². The van der Waals surface area contributed by atoms with Crippen molar-refractivity contribution in [1.82, 2.24) is 4.98 Å². The maximum absolute atomic E-state index is 13.9. The van der Waals surface area contributed by atoms with Crippen LogP contribution in [0.2, 0.25) is 5.02 Å². The number of rotatable bonds is 5. The van der Waals surface area contributed by atoms with Gasteiger partial charge in [-0.15, -0.1) is 0 Å². The second kappa shape index (κ2) is 6.99. The summed E-state index contributed by atoms with van der Waals surface area (Å²) < 4.78 is 68.2. The van der Waals surface area contributed by atoms with Crippen molar-refractivity contribution in [2.75, 3.05) is 11.9 Å². The van der Waals surface area contributed by atoms with E-state index in [9.17, 15) is 22.0 Å². The van der Waals surface area contributed by atoms with Crippen LogP contribution in [0, 0.1) is 11.6 Å². The first kappa shape index (κ1) is 17.3. The molecule has 3 nitrogen and oxygen atoms in total. The Kier molecular flexibility index (Phi) is 5.25. The second-order valence-corrected chi connectivity index (χ2v) is 4.79. The van der Waals surface area contributed by atoms with Gasteiger partial charge in [0.1, 0.15) is 10.8 Å². The van der Waals surface area contributed by atoms with E-state index in [1.54, 1.807) is 0 Å². The molecule has 1 heterocycles. The number of ether oxygens (including phenoxy) is 1. The molecule has 9 heteroatoms. The van der Waals surface area contributed by atoms with Gasteiger partial charge in [-0.25, -0.2) is 22.5 Å². The molecule has 0 aliphatic carbocycles. The van der Waals surface area contributed by atoms with Gasteiger partial charge in [-0.1, -0.05) is 11.6 Å². The lowest BCUT2D eigenvalue weighted by molar-refractivity contribution is -0.0690. The molecule has 1 unspecified atom stereocenters. The molecule has 0 aliphatic heterocycles. The molecule has 0 spiro atoms. The number of benzene rings is 1. The fourth-order valence-electron chi connectivity index (χ4n) is 1.72. The molecule has 2 rings (SSSR count). The van der Waals surface area contributed by atoms with Crippen molar-refractivity contribution in [2.45, 2.75) is 12.8 Å². The fourth-order valence-corrected chi connectivity index (χ4v) is 1.88. The van der Waals surface area contributed by atoms with Gasteiger partial charge in [0.05, 0.1) is 17.6 Å². The van der Waals surface area contributed by atoms with Crippen LogP contribution in [-0.4, -0.2) is 24.8 Å². The van der Waals surface area contributed by atoms with E-state index < -0.39 is 29.4 Å². The first-order chi connectivity index (χ1) is 10.8. The average molecular weight is 353 g/mol. The Morgan fingerprint density at radius 2 is 1.83 bits per heavy atom. The third-order valence-electron chi connectivity index (χ3n) is 2.92. The van der Waals surface area contributed by atoms with Gasteiger partial charge in [-0.05, 0) is 18.2 Å². The van der Waals surface area contributed by atoms with Crippen molar-refractivity contribution in [1.29, 1.82) is 0 Å². The van der Waals surface area contributed by atoms with Gasteiger partial charge in [0.2, 0.25) is 5.88 Å². The molecule has 0 radical (unpaired) electrons. The monoisotopic (exact) mass is 352 g/mol. The average Bonchev–Trinajstić information content (AvgIpc) is 2.53. The molecule has 1 atom stereocenters. The zero-order valence-electron chi connectivity index (χ0n) is 11.6. The van der Waals surface area contributed by atoms with E-state index in [2.05, 4.69) is 9.72 Å². The first-order valence-corrected chi connectivity index (χ1v) is 6.61. The highest BCUT2D eigenvalue weighted by Gasteiger charge is 2.21. The van der Waals surface area contributed by atoms with Gasteiger partial charge in [0, 0.05) is 13.1 Å². The molecule has 124 valence electrons. The summed E-state index contributed by atoms with van der Waals surface area (Å²) in [7, 11) is 1.46. The molecule has 0 fully saturated rings. The summed E-state index contributed by atoms with van der Waals surface area (Å²) in [5, 5.41) is -0.653. The van der Waals surface area contributed by atoms with Crippen LogP contribution in [0.25, 0.3) is 0 Å². The first-order valence-electron chi connectivity index (χ1n) is 6.23. The number of hydrogen-bond donors (Lipinski definition) is 0. The molecular formula is C14H10ClF5N2O. The molecular weight excluding hydrogens is 343 g/mol. The molecule has 0 N–H and O–H groups in total. The lowest BCUT2D eigenvalue weighted by Crippen LogP contribution is -2.20. The SMILES string of the molecule is CN(c1ccc(OC(F)C(F)F)nc1)c1ccc(F)c(Cl)c1F. The summed E-state index contributed by atoms with van der Waals surface area (Å²) in [6.07, 6.45) is -4.93. The van der Waals surface area contributed by atoms with Crippen molar-refractivity contribution in [3.05, 3.63) is 47.1 Å². The minimum Gasteiger partial charge on any atom is -0.437 e. The summed E-state index contributed by atoms with van der Waals surface area (Å²) in [6.45, 7) is 0. The second-order valence-electron chi connectivity index (χ2n) is 4.41. The van der Waals surface area contributed by atoms with Crippen LogP contribution in [0.4, 0.5) is 33.3 Å². The number of aromatic nitrogens is 1. The zero-order chi connectivity index (χ0) is 17.1. The summed E-state index contributed by atoms with van der Waals surface area (Å²) >= 11 is 5.50. The Morgan fingerprint density at radius 3 is 2.39 bits per heavy atom. The van der Waals surface area contributed by atoms with E-state index in [0.717, 1.165) is 18.3 Å². The third kappa shape index (κ3) is 3.82. The minimum atomic E-state index is -3.30. The van der Waals surface area contributed by atoms with Crippen LogP contribution in [0.1, 0.15) is 0 Å². The molecule has 1 aromatic heterocycles. The van der Waals surface area contributed by atoms with Crippen LogP contribution in [-0.2, 0) is 0 Å². The van der Waals surface area contributed by atoms with E-state index in [4.69, 9.17) is 11.6 Å². The lowest BCUT2D eigenvalue weighted by Gasteiger charge is -2.20. The van der Waals surface area contributed by atoms with Gasteiger partial charge in [-0.3, -0.25) is 0 Å². The van der Waals surface area contributed by atoms with Crippen LogP contribution >= 0.6 is 11.6 Å². The maximum Gasteiger partial charge on any atom is 0.304 e. The predicted molar refractivity (Wildman–Crippen MR) is 75.2 cm³/mol. The number of pyridine rings is 1. The highest BCUT2D eigenvalue weighted by Crippen LogP contribution is 2.31. The van der Waals surface area contributed by atoms with Crippen molar-refractivity contribution >= 4 is 23.0 Å². The standard InChI is InChI=1S/C14H10ClF5N2O/c1-22(9-4-3-8(16)11(15)12(9)17)7-2-5-10(21-6-7)23-14(20)13(18)19/h2-6,13-14H,1H3. The van der Waals surface area contributed by atoms with Gasteiger partial charge in [-0.2, -0.15) is 4.39 Å². The molecule has 23 heavy (non-hydrogen) atoms. The van der Waals surface area contributed by atoms with Crippen LogP contribution in [0.3, 0.4) is 0 Å². The quantitative estimate of drug-likeness (QED) is 0.575. The normalized spacial score (nSPS) is 12.3. The molecule has 2 aromatic rings. The molecule has 0 saturated carbocycles. The van der Waals surface area contributed by atoms with Crippen molar-refractivity contribution in [2.24, 2.45) is 0 Å². The predicted octanol–water partition coefficient (Wildman–Crippen LogP) is 4.72. The van der Waals surface area contributed by atoms with Crippen molar-refractivity contribution < 1.29 is 26.7 Å². The zero-order valence-corrected chi connectivity index (χ0v) is 12.4. The summed E-state index contributed by atoms with van der Waals surface area (Å²) in [6, 6.07) is 4.66. The fraction of sp³-hybridized carbons (Fsp3) is 0.214. The smallest absolute Gasteiger partial charge is 0.304 e. The Morgan fingerprint density at radius 1 is 1.13 bits per heavy atom. The van der Waals surface area contributed by atoms with E-state index in [0.29, 0.717) is 5.69 Å². The minimum absolute atomic E-state index is 0.0252. The molecule has 0 aliphatic rings. The van der Waals surface area contributed by atoms with Gasteiger partial charge in [0.15, 0.2) is 5.82 Å². The van der Waals surface area contributed by atoms with Crippen LogP contribution < -0.4 is 9.64 Å². The van der Waals surface area contributed by atoms with E-state index in [1.807, 2.05) is 0 Å². The van der Waals surface area contributed by atoms with Gasteiger partial charge >= 0.3 is 6.43 Å². The highest BCUT2D eigenvalue weighted by atomic mass is 35.5. The lowest BCUT2D eigenvalue weighted by atomic mass is 10.2. The maximum atomic E-state index is 13.9. The third-order valence-corrected chi connectivity index (χ3v) is 3.26. The summed E-state index contributed by atoms with van der Waals surface area (Å²) in [4.78, 5) is 4.95. The Labute approximate surface area is 133 Å². The van der Waals surface area contributed by atoms with Crippen LogP contribution in [0.15, 0.2) is 30.5 Å².